The third kappa shape index (κ3) is 2.33. The molecule has 7 rings (SSSR count). The number of hydrogen-bond acceptors (Lipinski definition) is 6. The second-order valence-electron chi connectivity index (χ2n) is 16.1. The number of rotatable bonds is 1. The molecule has 36 heavy (non-hydrogen) atoms. The van der Waals surface area contributed by atoms with Crippen molar-refractivity contribution in [1.29, 1.82) is 0 Å². The molecular weight excluding hydrogens is 456 g/mol. The molecule has 7 fully saturated rings. The summed E-state index contributed by atoms with van der Waals surface area (Å²) in [5.74, 6) is -0.566. The van der Waals surface area contributed by atoms with Crippen LogP contribution in [0.3, 0.4) is 0 Å². The average molecular weight is 505 g/mol. The van der Waals surface area contributed by atoms with E-state index in [4.69, 9.17) is 9.47 Å². The number of ether oxygens (including phenoxy) is 2. The fourth-order valence-electron chi connectivity index (χ4n) is 12.7. The third-order valence-corrected chi connectivity index (χ3v) is 14.1. The van der Waals surface area contributed by atoms with E-state index in [9.17, 15) is 20.4 Å². The molecule has 2 heterocycles. The maximum absolute atomic E-state index is 12.5. The molecule has 14 atom stereocenters. The summed E-state index contributed by atoms with van der Waals surface area (Å²) in [7, 11) is 0. The van der Waals surface area contributed by atoms with E-state index in [0.29, 0.717) is 12.3 Å². The SMILES string of the molecule is C[C@@H]1C[C@H]2O[C@@]3(O[C@@H]2C(C)(C)O)[C@H](O)[C@@]2(C)[C@@H]4[C@@H](O)CC5C(C)(C)[C@@H](O)CC[C@@]56C[C@@]46CC[C@]2(C)[C@@H]13. The van der Waals surface area contributed by atoms with Crippen molar-refractivity contribution in [2.75, 3.05) is 0 Å². The number of aliphatic hydroxyl groups excluding tert-OH is 3. The zero-order valence-corrected chi connectivity index (χ0v) is 23.3. The molecule has 2 aliphatic heterocycles. The van der Waals surface area contributed by atoms with Crippen molar-refractivity contribution in [1.82, 2.24) is 0 Å². The molecule has 2 saturated heterocycles. The van der Waals surface area contributed by atoms with Crippen LogP contribution in [0.4, 0.5) is 0 Å². The Balaban J connectivity index is 1.35. The van der Waals surface area contributed by atoms with E-state index in [-0.39, 0.29) is 51.6 Å². The lowest BCUT2D eigenvalue weighted by Gasteiger charge is -2.64. The van der Waals surface area contributed by atoms with Gasteiger partial charge in [0, 0.05) is 11.3 Å². The van der Waals surface area contributed by atoms with Crippen molar-refractivity contribution in [3.63, 3.8) is 0 Å². The first-order valence-electron chi connectivity index (χ1n) is 14.7. The van der Waals surface area contributed by atoms with Gasteiger partial charge in [0.2, 0.25) is 0 Å². The summed E-state index contributed by atoms with van der Waals surface area (Å²) >= 11 is 0. The van der Waals surface area contributed by atoms with Crippen molar-refractivity contribution >= 4 is 0 Å². The largest absolute Gasteiger partial charge is 0.393 e. The van der Waals surface area contributed by atoms with Crippen LogP contribution in [0.5, 0.6) is 0 Å². The van der Waals surface area contributed by atoms with Gasteiger partial charge in [-0.25, -0.2) is 0 Å². The molecule has 6 nitrogen and oxygen atoms in total. The zero-order chi connectivity index (χ0) is 26.1. The molecule has 0 amide bonds. The maximum atomic E-state index is 12.5. The monoisotopic (exact) mass is 504 g/mol. The van der Waals surface area contributed by atoms with Gasteiger partial charge in [-0.2, -0.15) is 0 Å². The Labute approximate surface area is 216 Å². The fourth-order valence-corrected chi connectivity index (χ4v) is 12.7. The molecule has 0 aromatic heterocycles. The molecule has 3 spiro atoms. The molecule has 4 N–H and O–H groups in total. The second kappa shape index (κ2) is 6.55. The fraction of sp³-hybridized carbons (Fsp3) is 1.00. The highest BCUT2D eigenvalue weighted by Gasteiger charge is 2.89. The Kier molecular flexibility index (Phi) is 4.51. The quantitative estimate of drug-likeness (QED) is 0.435. The van der Waals surface area contributed by atoms with Crippen LogP contribution < -0.4 is 0 Å². The maximum Gasteiger partial charge on any atom is 0.199 e. The van der Waals surface area contributed by atoms with Gasteiger partial charge in [-0.1, -0.05) is 34.6 Å². The van der Waals surface area contributed by atoms with Gasteiger partial charge < -0.3 is 29.9 Å². The van der Waals surface area contributed by atoms with Gasteiger partial charge in [0.05, 0.1) is 23.9 Å². The van der Waals surface area contributed by atoms with Crippen LogP contribution in [-0.4, -0.2) is 62.3 Å². The average Bonchev–Trinajstić information content (AvgIpc) is 3.26. The van der Waals surface area contributed by atoms with Crippen molar-refractivity contribution in [2.24, 2.45) is 50.7 Å². The van der Waals surface area contributed by atoms with E-state index < -0.39 is 35.1 Å². The Morgan fingerprint density at radius 2 is 1.56 bits per heavy atom. The first-order valence-corrected chi connectivity index (χ1v) is 14.7. The molecule has 0 aromatic rings. The highest BCUT2D eigenvalue weighted by molar-refractivity contribution is 5.35. The summed E-state index contributed by atoms with van der Waals surface area (Å²) in [4.78, 5) is 0. The van der Waals surface area contributed by atoms with Crippen LogP contribution in [0.2, 0.25) is 0 Å². The van der Waals surface area contributed by atoms with Crippen molar-refractivity contribution < 1.29 is 29.9 Å². The Bertz CT molecular complexity index is 990. The third-order valence-electron chi connectivity index (χ3n) is 14.1. The van der Waals surface area contributed by atoms with Gasteiger partial charge in [-0.05, 0) is 98.2 Å². The molecule has 0 aromatic carbocycles. The molecule has 5 saturated carbocycles. The van der Waals surface area contributed by atoms with E-state index in [1.54, 1.807) is 13.8 Å². The summed E-state index contributed by atoms with van der Waals surface area (Å²) < 4.78 is 13.5. The Morgan fingerprint density at radius 1 is 0.861 bits per heavy atom. The normalized spacial score (nSPS) is 64.6. The van der Waals surface area contributed by atoms with E-state index in [1.807, 2.05) is 0 Å². The van der Waals surface area contributed by atoms with E-state index in [0.717, 1.165) is 38.5 Å². The molecule has 6 heteroatoms. The molecule has 7 aliphatic rings. The molecule has 1 unspecified atom stereocenters. The molecule has 0 radical (unpaired) electrons. The Morgan fingerprint density at radius 3 is 2.22 bits per heavy atom. The highest BCUT2D eigenvalue weighted by Crippen LogP contribution is 2.90. The van der Waals surface area contributed by atoms with Crippen LogP contribution in [0.1, 0.15) is 93.4 Å². The smallest absolute Gasteiger partial charge is 0.199 e. The molecular formula is C30H48O6. The van der Waals surface area contributed by atoms with Crippen LogP contribution in [0, 0.1) is 50.7 Å². The highest BCUT2D eigenvalue weighted by atomic mass is 16.8. The summed E-state index contributed by atoms with van der Waals surface area (Å²) in [5.41, 5.74) is -1.94. The lowest BCUT2D eigenvalue weighted by Crippen LogP contribution is -2.64. The van der Waals surface area contributed by atoms with Gasteiger partial charge >= 0.3 is 0 Å². The van der Waals surface area contributed by atoms with Crippen molar-refractivity contribution in [3.05, 3.63) is 0 Å². The summed E-state index contributed by atoms with van der Waals surface area (Å²) in [6, 6.07) is 0. The van der Waals surface area contributed by atoms with Gasteiger partial charge in [0.1, 0.15) is 12.2 Å². The first-order chi connectivity index (χ1) is 16.5. The summed E-state index contributed by atoms with van der Waals surface area (Å²) in [6.45, 7) is 14.8. The summed E-state index contributed by atoms with van der Waals surface area (Å²) in [6.07, 6.45) is 4.08. The van der Waals surface area contributed by atoms with Crippen LogP contribution in [0.15, 0.2) is 0 Å². The minimum absolute atomic E-state index is 0.00299. The van der Waals surface area contributed by atoms with Crippen molar-refractivity contribution in [3.8, 4) is 0 Å². The first kappa shape index (κ1) is 24.8. The predicted molar refractivity (Wildman–Crippen MR) is 134 cm³/mol. The van der Waals surface area contributed by atoms with E-state index >= 15 is 0 Å². The van der Waals surface area contributed by atoms with Crippen LogP contribution in [-0.2, 0) is 9.47 Å². The van der Waals surface area contributed by atoms with Crippen LogP contribution >= 0.6 is 0 Å². The summed E-state index contributed by atoms with van der Waals surface area (Å²) in [5, 5.41) is 46.4. The minimum atomic E-state index is -1.14. The van der Waals surface area contributed by atoms with Gasteiger partial charge in [-0.3, -0.25) is 0 Å². The zero-order valence-electron chi connectivity index (χ0n) is 23.3. The number of aliphatic hydroxyl groups is 4. The minimum Gasteiger partial charge on any atom is -0.393 e. The molecule has 5 aliphatic carbocycles. The number of fused-ring (bicyclic) bond motifs is 4. The van der Waals surface area contributed by atoms with E-state index in [2.05, 4.69) is 34.6 Å². The van der Waals surface area contributed by atoms with Gasteiger partial charge in [-0.15, -0.1) is 0 Å². The van der Waals surface area contributed by atoms with Gasteiger partial charge in [0.15, 0.2) is 5.79 Å². The molecule has 2 bridgehead atoms. The standard InChI is InChI=1S/C30H48O6/c1-15-12-17-22(25(4,5)34)36-30(35-17)20(15)26(6)10-11-29-14-28(29)9-8-19(32)24(2,3)18(28)13-16(31)21(29)27(26,7)23(30)33/h15-23,31-34H,8-14H2,1-7H3/t15-,16+,17-,18?,19+,20-,21+,22+,23-,26-,27-,28-,29+,30+/m1/s1. The topological polar surface area (TPSA) is 99.4 Å². The lowest BCUT2D eigenvalue weighted by atomic mass is 9.40. The Hall–Kier alpha value is -0.240. The lowest BCUT2D eigenvalue weighted by molar-refractivity contribution is -0.284. The number of hydrogen-bond donors (Lipinski definition) is 4. The van der Waals surface area contributed by atoms with Crippen molar-refractivity contribution in [2.45, 2.75) is 135 Å². The van der Waals surface area contributed by atoms with E-state index in [1.165, 1.54) is 0 Å². The molecule has 204 valence electrons. The van der Waals surface area contributed by atoms with Gasteiger partial charge in [0.25, 0.3) is 0 Å². The predicted octanol–water partition coefficient (Wildman–Crippen LogP) is 3.63. The van der Waals surface area contributed by atoms with Crippen LogP contribution in [0.25, 0.3) is 0 Å². The second-order valence-corrected chi connectivity index (χ2v) is 16.1.